The summed E-state index contributed by atoms with van der Waals surface area (Å²) in [6, 6.07) is 5.90. The molecule has 5 nitrogen and oxygen atoms in total. The minimum Gasteiger partial charge on any atom is -0.352 e. The molecule has 1 saturated carbocycles. The summed E-state index contributed by atoms with van der Waals surface area (Å²) in [7, 11) is 1.81. The fraction of sp³-hybridized carbons (Fsp3) is 0.579. The second-order valence-corrected chi connectivity index (χ2v) is 6.90. The highest BCUT2D eigenvalue weighted by molar-refractivity contribution is 5.94. The fourth-order valence-electron chi connectivity index (χ4n) is 3.15. The van der Waals surface area contributed by atoms with Gasteiger partial charge in [-0.05, 0) is 51.8 Å². The zero-order valence-electron chi connectivity index (χ0n) is 15.2. The Morgan fingerprint density at radius 1 is 1.21 bits per heavy atom. The van der Waals surface area contributed by atoms with Crippen molar-refractivity contribution in [2.45, 2.75) is 58.5 Å². The van der Waals surface area contributed by atoms with Crippen molar-refractivity contribution in [3.8, 4) is 0 Å². The van der Waals surface area contributed by atoms with Gasteiger partial charge in [-0.3, -0.25) is 14.5 Å². The van der Waals surface area contributed by atoms with E-state index >= 15 is 0 Å². The zero-order valence-corrected chi connectivity index (χ0v) is 15.2. The van der Waals surface area contributed by atoms with E-state index in [-0.39, 0.29) is 24.4 Å². The molecule has 2 N–H and O–H groups in total. The maximum atomic E-state index is 12.3. The average molecular weight is 331 g/mol. The third-order valence-corrected chi connectivity index (χ3v) is 4.88. The van der Waals surface area contributed by atoms with Crippen LogP contribution in [0.2, 0.25) is 0 Å². The second kappa shape index (κ2) is 8.29. The number of nitrogens with one attached hydrogen (secondary N) is 2. The van der Waals surface area contributed by atoms with Crippen LogP contribution in [0.3, 0.4) is 0 Å². The van der Waals surface area contributed by atoms with Gasteiger partial charge in [-0.25, -0.2) is 0 Å². The fourth-order valence-corrected chi connectivity index (χ4v) is 3.15. The topological polar surface area (TPSA) is 61.4 Å². The van der Waals surface area contributed by atoms with Crippen molar-refractivity contribution in [2.75, 3.05) is 18.9 Å². The lowest BCUT2D eigenvalue weighted by Crippen LogP contribution is -2.48. The Hall–Kier alpha value is -1.88. The van der Waals surface area contributed by atoms with Gasteiger partial charge in [0.05, 0.1) is 12.6 Å². The number of carbonyl (C=O) groups excluding carboxylic acids is 2. The Balaban J connectivity index is 1.87. The molecule has 132 valence electrons. The Kier molecular flexibility index (Phi) is 6.37. The third-order valence-electron chi connectivity index (χ3n) is 4.88. The third kappa shape index (κ3) is 4.81. The molecule has 0 aromatic heterocycles. The first-order chi connectivity index (χ1) is 11.4. The first-order valence-electron chi connectivity index (χ1n) is 8.75. The Morgan fingerprint density at radius 3 is 2.38 bits per heavy atom. The van der Waals surface area contributed by atoms with E-state index in [2.05, 4.69) is 10.6 Å². The zero-order chi connectivity index (χ0) is 17.7. The quantitative estimate of drug-likeness (QED) is 0.842. The molecule has 2 rings (SSSR count). The van der Waals surface area contributed by atoms with E-state index in [0.717, 1.165) is 29.7 Å². The van der Waals surface area contributed by atoms with Gasteiger partial charge in [0.15, 0.2) is 0 Å². The molecule has 0 bridgehead atoms. The van der Waals surface area contributed by atoms with Crippen LogP contribution in [-0.4, -0.2) is 42.4 Å². The maximum Gasteiger partial charge on any atom is 0.238 e. The molecule has 1 fully saturated rings. The Bertz CT molecular complexity index is 574. The van der Waals surface area contributed by atoms with Crippen molar-refractivity contribution in [1.29, 1.82) is 0 Å². The molecular weight excluding hydrogens is 302 g/mol. The predicted octanol–water partition coefficient (Wildman–Crippen LogP) is 2.62. The molecule has 1 aromatic rings. The molecule has 1 aliphatic carbocycles. The minimum absolute atomic E-state index is 0.00396. The Morgan fingerprint density at radius 2 is 1.79 bits per heavy atom. The number of nitrogens with zero attached hydrogens (tertiary/aromatic N) is 1. The molecular formula is C19H29N3O2. The van der Waals surface area contributed by atoms with E-state index in [4.69, 9.17) is 0 Å². The molecule has 1 aromatic carbocycles. The molecule has 1 unspecified atom stereocenters. The van der Waals surface area contributed by atoms with E-state index in [9.17, 15) is 9.59 Å². The number of carbonyl (C=O) groups is 2. The minimum atomic E-state index is -0.325. The van der Waals surface area contributed by atoms with E-state index in [1.165, 1.54) is 12.8 Å². The van der Waals surface area contributed by atoms with Crippen LogP contribution in [0.4, 0.5) is 5.69 Å². The molecule has 0 spiro atoms. The van der Waals surface area contributed by atoms with Crippen LogP contribution in [-0.2, 0) is 9.59 Å². The summed E-state index contributed by atoms with van der Waals surface area (Å²) in [6.07, 6.45) is 4.51. The predicted molar refractivity (Wildman–Crippen MR) is 97.0 cm³/mol. The summed E-state index contributed by atoms with van der Waals surface area (Å²) in [4.78, 5) is 26.4. The molecule has 0 heterocycles. The van der Waals surface area contributed by atoms with Crippen molar-refractivity contribution in [1.82, 2.24) is 10.2 Å². The first kappa shape index (κ1) is 18.5. The summed E-state index contributed by atoms with van der Waals surface area (Å²) < 4.78 is 0. The highest BCUT2D eigenvalue weighted by atomic mass is 16.2. The molecule has 0 aliphatic heterocycles. The molecule has 5 heteroatoms. The van der Waals surface area contributed by atoms with E-state index in [1.807, 2.05) is 46.0 Å². The molecule has 0 saturated heterocycles. The van der Waals surface area contributed by atoms with Crippen LogP contribution in [0.15, 0.2) is 18.2 Å². The van der Waals surface area contributed by atoms with Crippen LogP contribution in [0, 0.1) is 13.8 Å². The van der Waals surface area contributed by atoms with Crippen LogP contribution in [0.25, 0.3) is 0 Å². The van der Waals surface area contributed by atoms with Gasteiger partial charge in [0, 0.05) is 11.7 Å². The highest BCUT2D eigenvalue weighted by Crippen LogP contribution is 2.19. The van der Waals surface area contributed by atoms with Gasteiger partial charge in [-0.15, -0.1) is 0 Å². The lowest BCUT2D eigenvalue weighted by molar-refractivity contribution is -0.127. The van der Waals surface area contributed by atoms with Gasteiger partial charge in [0.25, 0.3) is 0 Å². The van der Waals surface area contributed by atoms with E-state index in [1.54, 1.807) is 4.90 Å². The van der Waals surface area contributed by atoms with Crippen LogP contribution in [0.1, 0.15) is 43.7 Å². The smallest absolute Gasteiger partial charge is 0.238 e. The SMILES string of the molecule is Cc1cccc(C)c1NC(=O)CN(C)C(C)C(=O)NC1CCCC1. The number of para-hydroxylation sites is 1. The second-order valence-electron chi connectivity index (χ2n) is 6.90. The number of aryl methyl sites for hydroxylation is 2. The van der Waals surface area contributed by atoms with Gasteiger partial charge >= 0.3 is 0 Å². The van der Waals surface area contributed by atoms with E-state index < -0.39 is 0 Å². The van der Waals surface area contributed by atoms with Gasteiger partial charge in [0.2, 0.25) is 11.8 Å². The lowest BCUT2D eigenvalue weighted by atomic mass is 10.1. The van der Waals surface area contributed by atoms with Gasteiger partial charge < -0.3 is 10.6 Å². The van der Waals surface area contributed by atoms with E-state index in [0.29, 0.717) is 6.04 Å². The number of amides is 2. The number of benzene rings is 1. The van der Waals surface area contributed by atoms with Crippen LogP contribution in [0.5, 0.6) is 0 Å². The molecule has 1 aliphatic rings. The summed E-state index contributed by atoms with van der Waals surface area (Å²) >= 11 is 0. The van der Waals surface area contributed by atoms with Crippen molar-refractivity contribution in [3.05, 3.63) is 29.3 Å². The summed E-state index contributed by atoms with van der Waals surface area (Å²) in [5.74, 6) is -0.0975. The van der Waals surface area contributed by atoms with Crippen molar-refractivity contribution >= 4 is 17.5 Å². The lowest BCUT2D eigenvalue weighted by Gasteiger charge is -2.25. The average Bonchev–Trinajstić information content (AvgIpc) is 3.03. The summed E-state index contributed by atoms with van der Waals surface area (Å²) in [5, 5.41) is 6.05. The summed E-state index contributed by atoms with van der Waals surface area (Å²) in [6.45, 7) is 5.98. The number of likely N-dealkylation sites (N-methyl/N-ethyl adjacent to an activating group) is 1. The standard InChI is InChI=1S/C19H29N3O2/c1-13-8-7-9-14(2)18(13)21-17(23)12-22(4)15(3)19(24)20-16-10-5-6-11-16/h7-9,15-16H,5-6,10-12H2,1-4H3,(H,20,24)(H,21,23). The maximum absolute atomic E-state index is 12.3. The molecule has 2 amide bonds. The monoisotopic (exact) mass is 331 g/mol. The van der Waals surface area contributed by atoms with Crippen LogP contribution < -0.4 is 10.6 Å². The van der Waals surface area contributed by atoms with Gasteiger partial charge in [-0.2, -0.15) is 0 Å². The number of hydrogen-bond acceptors (Lipinski definition) is 3. The van der Waals surface area contributed by atoms with Crippen molar-refractivity contribution in [3.63, 3.8) is 0 Å². The normalized spacial score (nSPS) is 16.2. The number of rotatable bonds is 6. The van der Waals surface area contributed by atoms with Crippen molar-refractivity contribution in [2.24, 2.45) is 0 Å². The number of anilines is 1. The highest BCUT2D eigenvalue weighted by Gasteiger charge is 2.24. The Labute approximate surface area is 144 Å². The largest absolute Gasteiger partial charge is 0.352 e. The number of hydrogen-bond donors (Lipinski definition) is 2. The molecule has 0 radical (unpaired) electrons. The molecule has 24 heavy (non-hydrogen) atoms. The van der Waals surface area contributed by atoms with Gasteiger partial charge in [0.1, 0.15) is 0 Å². The molecule has 1 atom stereocenters. The first-order valence-corrected chi connectivity index (χ1v) is 8.75. The summed E-state index contributed by atoms with van der Waals surface area (Å²) in [5.41, 5.74) is 2.94. The van der Waals surface area contributed by atoms with Gasteiger partial charge in [-0.1, -0.05) is 31.0 Å². The van der Waals surface area contributed by atoms with Crippen LogP contribution >= 0.6 is 0 Å². The van der Waals surface area contributed by atoms with Crippen molar-refractivity contribution < 1.29 is 9.59 Å².